The zero-order chi connectivity index (χ0) is 19.6. The normalized spacial score (nSPS) is 16.3. The van der Waals surface area contributed by atoms with Gasteiger partial charge in [0.05, 0.1) is 11.9 Å². The maximum atomic E-state index is 13.1. The van der Waals surface area contributed by atoms with Crippen LogP contribution in [0.4, 0.5) is 0 Å². The third kappa shape index (κ3) is 3.45. The quantitative estimate of drug-likeness (QED) is 0.527. The van der Waals surface area contributed by atoms with Crippen LogP contribution in [0.15, 0.2) is 77.4 Å². The number of carbonyl (C=O) groups excluding carboxylic acids is 1. The third-order valence-corrected chi connectivity index (χ3v) is 5.12. The highest BCUT2D eigenvalue weighted by Gasteiger charge is 2.29. The number of pyridine rings is 1. The predicted molar refractivity (Wildman–Crippen MR) is 109 cm³/mol. The van der Waals surface area contributed by atoms with E-state index in [9.17, 15) is 4.79 Å². The summed E-state index contributed by atoms with van der Waals surface area (Å²) in [6.07, 6.45) is 2.44. The van der Waals surface area contributed by atoms with Crippen molar-refractivity contribution < 1.29 is 14.1 Å². The number of ether oxygens (including phenoxy) is 1. The minimum absolute atomic E-state index is 0.0146. The smallest absolute Gasteiger partial charge is 0.254 e. The van der Waals surface area contributed by atoms with Gasteiger partial charge in [-0.2, -0.15) is 0 Å². The van der Waals surface area contributed by atoms with Crippen LogP contribution in [0.25, 0.3) is 22.2 Å². The van der Waals surface area contributed by atoms with Gasteiger partial charge in [-0.1, -0.05) is 41.6 Å². The van der Waals surface area contributed by atoms with E-state index in [2.05, 4.69) is 10.1 Å². The summed E-state index contributed by atoms with van der Waals surface area (Å²) in [6, 6.07) is 20.8. The van der Waals surface area contributed by atoms with Crippen LogP contribution in [0.1, 0.15) is 16.8 Å². The SMILES string of the molecule is O=C(c1ccc2noc(-c3ccccc3)c2c1)N1CCC(Oc2ccccn2)C1. The monoisotopic (exact) mass is 385 g/mol. The second-order valence-corrected chi connectivity index (χ2v) is 7.06. The Bertz CT molecular complexity index is 1140. The van der Waals surface area contributed by atoms with Crippen LogP contribution in [-0.2, 0) is 0 Å². The lowest BCUT2D eigenvalue weighted by Crippen LogP contribution is -2.31. The fraction of sp³-hybridized carbons (Fsp3) is 0.174. The minimum atomic E-state index is -0.0481. The number of rotatable bonds is 4. The van der Waals surface area contributed by atoms with E-state index in [1.165, 1.54) is 0 Å². The van der Waals surface area contributed by atoms with Crippen LogP contribution < -0.4 is 4.74 Å². The first-order chi connectivity index (χ1) is 14.3. The Balaban J connectivity index is 1.36. The molecule has 1 aliphatic heterocycles. The van der Waals surface area contributed by atoms with Gasteiger partial charge in [-0.3, -0.25) is 4.79 Å². The summed E-state index contributed by atoms with van der Waals surface area (Å²) in [5, 5.41) is 4.96. The molecule has 5 rings (SSSR count). The van der Waals surface area contributed by atoms with E-state index in [0.717, 1.165) is 22.9 Å². The van der Waals surface area contributed by atoms with Crippen molar-refractivity contribution in [3.8, 4) is 17.2 Å². The highest BCUT2D eigenvalue weighted by atomic mass is 16.5. The van der Waals surface area contributed by atoms with Gasteiger partial charge in [0.15, 0.2) is 5.76 Å². The average Bonchev–Trinajstić information content (AvgIpc) is 3.41. The standard InChI is InChI=1S/C23H19N3O3/c27-23(26-13-11-18(15-26)28-21-8-4-5-12-24-21)17-9-10-20-19(14-17)22(29-25-20)16-6-2-1-3-7-16/h1-10,12,14,18H,11,13,15H2. The first-order valence-electron chi connectivity index (χ1n) is 9.60. The summed E-state index contributed by atoms with van der Waals surface area (Å²) in [5.74, 6) is 1.25. The summed E-state index contributed by atoms with van der Waals surface area (Å²) < 4.78 is 11.4. The van der Waals surface area contributed by atoms with Crippen molar-refractivity contribution >= 4 is 16.8 Å². The highest BCUT2D eigenvalue weighted by Crippen LogP contribution is 2.30. The van der Waals surface area contributed by atoms with Gasteiger partial charge in [0.2, 0.25) is 5.88 Å². The fourth-order valence-electron chi connectivity index (χ4n) is 3.65. The molecule has 29 heavy (non-hydrogen) atoms. The van der Waals surface area contributed by atoms with Gasteiger partial charge in [-0.05, 0) is 24.3 Å². The predicted octanol–water partition coefficient (Wildman–Crippen LogP) is 4.18. The van der Waals surface area contributed by atoms with Gasteiger partial charge in [-0.15, -0.1) is 0 Å². The van der Waals surface area contributed by atoms with Crippen molar-refractivity contribution in [2.45, 2.75) is 12.5 Å². The van der Waals surface area contributed by atoms with E-state index in [1.54, 1.807) is 12.3 Å². The Kier molecular flexibility index (Phi) is 4.44. The molecular weight excluding hydrogens is 366 g/mol. The Morgan fingerprint density at radius 2 is 1.93 bits per heavy atom. The van der Waals surface area contributed by atoms with Gasteiger partial charge in [0.25, 0.3) is 5.91 Å². The van der Waals surface area contributed by atoms with Crippen LogP contribution >= 0.6 is 0 Å². The largest absolute Gasteiger partial charge is 0.472 e. The van der Waals surface area contributed by atoms with Gasteiger partial charge in [0, 0.05) is 36.4 Å². The number of amides is 1. The summed E-state index contributed by atoms with van der Waals surface area (Å²) in [7, 11) is 0. The minimum Gasteiger partial charge on any atom is -0.472 e. The van der Waals surface area contributed by atoms with E-state index >= 15 is 0 Å². The van der Waals surface area contributed by atoms with Crippen molar-refractivity contribution in [1.29, 1.82) is 0 Å². The molecule has 0 bridgehead atoms. The second-order valence-electron chi connectivity index (χ2n) is 7.06. The molecule has 6 nitrogen and oxygen atoms in total. The summed E-state index contributed by atoms with van der Waals surface area (Å²) in [6.45, 7) is 1.20. The van der Waals surface area contributed by atoms with Crippen molar-refractivity contribution in [3.63, 3.8) is 0 Å². The van der Waals surface area contributed by atoms with E-state index in [1.807, 2.05) is 65.6 Å². The maximum Gasteiger partial charge on any atom is 0.254 e. The van der Waals surface area contributed by atoms with Crippen molar-refractivity contribution in [3.05, 3.63) is 78.5 Å². The molecule has 0 saturated carbocycles. The third-order valence-electron chi connectivity index (χ3n) is 5.12. The molecule has 6 heteroatoms. The molecule has 1 fully saturated rings. The van der Waals surface area contributed by atoms with E-state index in [-0.39, 0.29) is 12.0 Å². The zero-order valence-electron chi connectivity index (χ0n) is 15.7. The Morgan fingerprint density at radius 1 is 1.07 bits per heavy atom. The van der Waals surface area contributed by atoms with Gasteiger partial charge in [0.1, 0.15) is 11.6 Å². The van der Waals surface area contributed by atoms with E-state index < -0.39 is 0 Å². The number of nitrogens with zero attached hydrogens (tertiary/aromatic N) is 3. The molecule has 144 valence electrons. The Morgan fingerprint density at radius 3 is 2.76 bits per heavy atom. The molecule has 1 unspecified atom stereocenters. The van der Waals surface area contributed by atoms with Gasteiger partial charge >= 0.3 is 0 Å². The number of likely N-dealkylation sites (tertiary alicyclic amines) is 1. The van der Waals surface area contributed by atoms with Crippen LogP contribution in [0.2, 0.25) is 0 Å². The second kappa shape index (κ2) is 7.39. The molecule has 1 atom stereocenters. The van der Waals surface area contributed by atoms with Crippen molar-refractivity contribution in [2.75, 3.05) is 13.1 Å². The van der Waals surface area contributed by atoms with Crippen molar-refractivity contribution in [2.24, 2.45) is 0 Å². The average molecular weight is 385 g/mol. The van der Waals surface area contributed by atoms with Gasteiger partial charge < -0.3 is 14.2 Å². The summed E-state index contributed by atoms with van der Waals surface area (Å²) >= 11 is 0. The molecule has 0 radical (unpaired) electrons. The van der Waals surface area contributed by atoms with Crippen LogP contribution in [-0.4, -0.2) is 40.1 Å². The molecule has 3 heterocycles. The lowest BCUT2D eigenvalue weighted by molar-refractivity contribution is 0.0771. The lowest BCUT2D eigenvalue weighted by atomic mass is 10.1. The molecule has 1 saturated heterocycles. The van der Waals surface area contributed by atoms with Crippen molar-refractivity contribution in [1.82, 2.24) is 15.0 Å². The van der Waals surface area contributed by atoms with E-state index in [0.29, 0.717) is 30.3 Å². The number of hydrogen-bond acceptors (Lipinski definition) is 5. The molecule has 0 N–H and O–H groups in total. The highest BCUT2D eigenvalue weighted by molar-refractivity contribution is 6.01. The number of fused-ring (bicyclic) bond motifs is 1. The van der Waals surface area contributed by atoms with Crippen LogP contribution in [0, 0.1) is 0 Å². The summed E-state index contributed by atoms with van der Waals surface area (Å²) in [4.78, 5) is 19.1. The Labute approximate surface area is 167 Å². The number of benzene rings is 2. The van der Waals surface area contributed by atoms with E-state index in [4.69, 9.17) is 9.26 Å². The zero-order valence-corrected chi connectivity index (χ0v) is 15.7. The molecule has 2 aromatic carbocycles. The lowest BCUT2D eigenvalue weighted by Gasteiger charge is -2.17. The molecule has 0 spiro atoms. The van der Waals surface area contributed by atoms with Crippen LogP contribution in [0.3, 0.4) is 0 Å². The van der Waals surface area contributed by atoms with Gasteiger partial charge in [-0.25, -0.2) is 4.98 Å². The fourth-order valence-corrected chi connectivity index (χ4v) is 3.65. The maximum absolute atomic E-state index is 13.1. The molecule has 2 aromatic heterocycles. The first-order valence-corrected chi connectivity index (χ1v) is 9.60. The number of hydrogen-bond donors (Lipinski definition) is 0. The van der Waals surface area contributed by atoms with Crippen LogP contribution in [0.5, 0.6) is 5.88 Å². The molecule has 4 aromatic rings. The molecular formula is C23H19N3O3. The summed E-state index contributed by atoms with van der Waals surface area (Å²) in [5.41, 5.74) is 2.29. The topological polar surface area (TPSA) is 68.5 Å². The number of carbonyl (C=O) groups is 1. The number of aromatic nitrogens is 2. The molecule has 1 aliphatic rings. The molecule has 1 amide bonds. The molecule has 0 aliphatic carbocycles. The Hall–Kier alpha value is -3.67. The first kappa shape index (κ1) is 17.4.